The summed E-state index contributed by atoms with van der Waals surface area (Å²) in [5.74, 6) is -0.369. The minimum absolute atomic E-state index is 0.146. The Morgan fingerprint density at radius 3 is 2.56 bits per heavy atom. The van der Waals surface area contributed by atoms with E-state index in [0.717, 1.165) is 18.2 Å². The number of aromatic nitrogens is 1. The van der Waals surface area contributed by atoms with Crippen LogP contribution in [0.4, 0.5) is 5.69 Å². The average Bonchev–Trinajstić information content (AvgIpc) is 3.24. The third kappa shape index (κ3) is 3.43. The van der Waals surface area contributed by atoms with Gasteiger partial charge in [-0.25, -0.2) is 8.42 Å². The molecule has 4 rings (SSSR count). The quantitative estimate of drug-likeness (QED) is 0.752. The summed E-state index contributed by atoms with van der Waals surface area (Å²) in [7, 11) is -3.56. The van der Waals surface area contributed by atoms with Crippen LogP contribution in [0.15, 0.2) is 65.7 Å². The smallest absolute Gasteiger partial charge is 0.255 e. The van der Waals surface area contributed by atoms with Gasteiger partial charge in [-0.1, -0.05) is 24.3 Å². The molecule has 0 aliphatic carbocycles. The number of nitrogens with one attached hydrogen (secondary N) is 1. The summed E-state index contributed by atoms with van der Waals surface area (Å²) in [5, 5.41) is 3.76. The van der Waals surface area contributed by atoms with E-state index in [1.807, 2.05) is 24.3 Å². The van der Waals surface area contributed by atoms with Crippen molar-refractivity contribution >= 4 is 32.5 Å². The van der Waals surface area contributed by atoms with Crippen LogP contribution in [0, 0.1) is 0 Å². The number of fused-ring (bicyclic) bond motifs is 1. The molecule has 1 fully saturated rings. The number of pyridine rings is 1. The number of hydrogen-bond acceptors (Lipinski definition) is 4. The number of amides is 1. The van der Waals surface area contributed by atoms with E-state index in [4.69, 9.17) is 0 Å². The van der Waals surface area contributed by atoms with Crippen molar-refractivity contribution in [2.24, 2.45) is 0 Å². The average molecular weight is 381 g/mol. The van der Waals surface area contributed by atoms with Crippen molar-refractivity contribution in [1.82, 2.24) is 9.29 Å². The molecule has 1 aliphatic rings. The summed E-state index contributed by atoms with van der Waals surface area (Å²) in [6.07, 6.45) is 3.40. The van der Waals surface area contributed by atoms with Gasteiger partial charge in [0.05, 0.1) is 16.1 Å². The third-order valence-electron chi connectivity index (χ3n) is 4.68. The number of rotatable bonds is 4. The normalized spacial score (nSPS) is 15.1. The van der Waals surface area contributed by atoms with Gasteiger partial charge < -0.3 is 5.32 Å². The lowest BCUT2D eigenvalue weighted by Gasteiger charge is -2.16. The maximum absolute atomic E-state index is 12.7. The van der Waals surface area contributed by atoms with Gasteiger partial charge in [0.2, 0.25) is 10.0 Å². The largest absolute Gasteiger partial charge is 0.320 e. The fourth-order valence-corrected chi connectivity index (χ4v) is 4.84. The molecule has 0 atom stereocenters. The van der Waals surface area contributed by atoms with E-state index in [0.29, 0.717) is 29.9 Å². The maximum Gasteiger partial charge on any atom is 0.255 e. The molecule has 3 aromatic rings. The van der Waals surface area contributed by atoms with Crippen LogP contribution in [0.2, 0.25) is 0 Å². The van der Waals surface area contributed by atoms with Crippen molar-refractivity contribution in [3.63, 3.8) is 0 Å². The van der Waals surface area contributed by atoms with E-state index in [9.17, 15) is 13.2 Å². The van der Waals surface area contributed by atoms with Gasteiger partial charge in [-0.15, -0.1) is 0 Å². The van der Waals surface area contributed by atoms with E-state index in [1.54, 1.807) is 24.4 Å². The zero-order chi connectivity index (χ0) is 18.9. The molecule has 1 saturated heterocycles. The van der Waals surface area contributed by atoms with Crippen LogP contribution in [0.3, 0.4) is 0 Å². The molecule has 1 aromatic heterocycles. The van der Waals surface area contributed by atoms with Crippen LogP contribution in [0.1, 0.15) is 23.2 Å². The lowest BCUT2D eigenvalue weighted by atomic mass is 10.1. The van der Waals surface area contributed by atoms with Gasteiger partial charge in [-0.3, -0.25) is 9.78 Å². The lowest BCUT2D eigenvalue weighted by Crippen LogP contribution is -2.28. The second-order valence-electron chi connectivity index (χ2n) is 6.47. The standard InChI is InChI=1S/C20H19N3O3S/c24-20(22-18-10-4-6-15-8-5-11-21-19(15)18)16-7-3-9-17(14-16)27(25,26)23-12-1-2-13-23/h3-11,14H,1-2,12-13H2,(H,22,24). The van der Waals surface area contributed by atoms with E-state index in [2.05, 4.69) is 10.3 Å². The summed E-state index contributed by atoms with van der Waals surface area (Å²) in [6, 6.07) is 15.5. The maximum atomic E-state index is 12.7. The summed E-state index contributed by atoms with van der Waals surface area (Å²) in [4.78, 5) is 17.2. The molecule has 27 heavy (non-hydrogen) atoms. The van der Waals surface area contributed by atoms with E-state index in [1.165, 1.54) is 16.4 Å². The Labute approximate surface area is 157 Å². The van der Waals surface area contributed by atoms with Crippen molar-refractivity contribution < 1.29 is 13.2 Å². The highest BCUT2D eigenvalue weighted by molar-refractivity contribution is 7.89. The fourth-order valence-electron chi connectivity index (χ4n) is 3.27. The Kier molecular flexibility index (Phi) is 4.63. The highest BCUT2D eigenvalue weighted by Crippen LogP contribution is 2.24. The molecule has 1 aliphatic heterocycles. The van der Waals surface area contributed by atoms with Gasteiger partial charge in [0.25, 0.3) is 5.91 Å². The molecule has 6 nitrogen and oxygen atoms in total. The summed E-state index contributed by atoms with van der Waals surface area (Å²) < 4.78 is 26.9. The van der Waals surface area contributed by atoms with Gasteiger partial charge in [-0.2, -0.15) is 4.31 Å². The molecule has 2 heterocycles. The molecular weight excluding hydrogens is 362 g/mol. The molecule has 0 spiro atoms. The van der Waals surface area contributed by atoms with Gasteiger partial charge in [0.1, 0.15) is 0 Å². The topological polar surface area (TPSA) is 79.4 Å². The first-order chi connectivity index (χ1) is 13.1. The molecule has 2 aromatic carbocycles. The van der Waals surface area contributed by atoms with Crippen LogP contribution in [0.5, 0.6) is 0 Å². The number of sulfonamides is 1. The number of para-hydroxylation sites is 1. The predicted molar refractivity (Wildman–Crippen MR) is 104 cm³/mol. The minimum Gasteiger partial charge on any atom is -0.320 e. The second-order valence-corrected chi connectivity index (χ2v) is 8.41. The third-order valence-corrected chi connectivity index (χ3v) is 6.57. The van der Waals surface area contributed by atoms with Crippen LogP contribution in [-0.4, -0.2) is 36.7 Å². The molecule has 0 unspecified atom stereocenters. The molecule has 1 N–H and O–H groups in total. The van der Waals surface area contributed by atoms with Crippen LogP contribution in [-0.2, 0) is 10.0 Å². The van der Waals surface area contributed by atoms with Crippen molar-refractivity contribution in [3.05, 3.63) is 66.4 Å². The second kappa shape index (κ2) is 7.09. The van der Waals surface area contributed by atoms with Crippen molar-refractivity contribution in [2.75, 3.05) is 18.4 Å². The molecule has 1 amide bonds. The Bertz CT molecular complexity index is 1100. The summed E-state index contributed by atoms with van der Waals surface area (Å²) >= 11 is 0. The molecule has 0 saturated carbocycles. The monoisotopic (exact) mass is 381 g/mol. The first kappa shape index (κ1) is 17.6. The Hall–Kier alpha value is -2.77. The lowest BCUT2D eigenvalue weighted by molar-refractivity contribution is 0.102. The van der Waals surface area contributed by atoms with Gasteiger partial charge >= 0.3 is 0 Å². The highest BCUT2D eigenvalue weighted by Gasteiger charge is 2.27. The number of benzene rings is 2. The minimum atomic E-state index is -3.56. The van der Waals surface area contributed by atoms with E-state index in [-0.39, 0.29) is 10.8 Å². The van der Waals surface area contributed by atoms with E-state index >= 15 is 0 Å². The van der Waals surface area contributed by atoms with Crippen molar-refractivity contribution in [2.45, 2.75) is 17.7 Å². The Morgan fingerprint density at radius 1 is 1.00 bits per heavy atom. The van der Waals surface area contributed by atoms with Crippen LogP contribution >= 0.6 is 0 Å². The van der Waals surface area contributed by atoms with Crippen LogP contribution < -0.4 is 5.32 Å². The molecule has 0 radical (unpaired) electrons. The number of anilines is 1. The van der Waals surface area contributed by atoms with Crippen molar-refractivity contribution in [1.29, 1.82) is 0 Å². The Balaban J connectivity index is 1.63. The van der Waals surface area contributed by atoms with Gasteiger partial charge in [-0.05, 0) is 43.2 Å². The van der Waals surface area contributed by atoms with E-state index < -0.39 is 10.0 Å². The first-order valence-electron chi connectivity index (χ1n) is 8.81. The highest BCUT2D eigenvalue weighted by atomic mass is 32.2. The molecule has 0 bridgehead atoms. The van der Waals surface area contributed by atoms with Crippen LogP contribution in [0.25, 0.3) is 10.9 Å². The number of carbonyl (C=O) groups is 1. The SMILES string of the molecule is O=C(Nc1cccc2cccnc12)c1cccc(S(=O)(=O)N2CCCC2)c1. The summed E-state index contributed by atoms with van der Waals surface area (Å²) in [5.41, 5.74) is 1.57. The molecular formula is C20H19N3O3S. The molecule has 138 valence electrons. The van der Waals surface area contributed by atoms with Crippen molar-refractivity contribution in [3.8, 4) is 0 Å². The number of hydrogen-bond donors (Lipinski definition) is 1. The van der Waals surface area contributed by atoms with Gasteiger partial charge in [0.15, 0.2) is 0 Å². The Morgan fingerprint density at radius 2 is 1.74 bits per heavy atom. The number of nitrogens with zero attached hydrogens (tertiary/aromatic N) is 2. The first-order valence-corrected chi connectivity index (χ1v) is 10.2. The zero-order valence-corrected chi connectivity index (χ0v) is 15.4. The van der Waals surface area contributed by atoms with Gasteiger partial charge in [0, 0.05) is 30.2 Å². The summed E-state index contributed by atoms with van der Waals surface area (Å²) in [6.45, 7) is 1.06. The molecule has 7 heteroatoms. The fraction of sp³-hybridized carbons (Fsp3) is 0.200. The zero-order valence-electron chi connectivity index (χ0n) is 14.6. The number of carbonyl (C=O) groups excluding carboxylic acids is 1. The predicted octanol–water partition coefficient (Wildman–Crippen LogP) is 3.27.